The quantitative estimate of drug-likeness (QED) is 0.0880. The van der Waals surface area contributed by atoms with E-state index in [4.69, 9.17) is 9.47 Å². The smallest absolute Gasteiger partial charge is 0.331 e. The average Bonchev–Trinajstić information content (AvgIpc) is 3.50. The predicted octanol–water partition coefficient (Wildman–Crippen LogP) is 2.70. The van der Waals surface area contributed by atoms with Crippen molar-refractivity contribution in [3.05, 3.63) is 36.0 Å². The largest absolute Gasteiger partial charge is 0.469 e. The number of aromatic nitrogens is 1. The Hall–Kier alpha value is -4.26. The van der Waals surface area contributed by atoms with Gasteiger partial charge >= 0.3 is 11.9 Å². The zero-order valence-electron chi connectivity index (χ0n) is 27.6. The molecule has 2 aromatic rings. The molecule has 1 fully saturated rings. The van der Waals surface area contributed by atoms with Crippen LogP contribution in [-0.2, 0) is 33.4 Å². The van der Waals surface area contributed by atoms with Gasteiger partial charge in [0.1, 0.15) is 12.1 Å². The summed E-state index contributed by atoms with van der Waals surface area (Å²) in [5.74, 6) is -6.22. The second-order valence-corrected chi connectivity index (χ2v) is 12.2. The van der Waals surface area contributed by atoms with E-state index in [1.807, 2.05) is 6.92 Å². The maximum Gasteiger partial charge on any atom is 0.331 e. The lowest BCUT2D eigenvalue weighted by molar-refractivity contribution is -0.161. The van der Waals surface area contributed by atoms with Crippen LogP contribution in [0.2, 0.25) is 0 Å². The summed E-state index contributed by atoms with van der Waals surface area (Å²) in [6.07, 6.45) is 6.94. The van der Waals surface area contributed by atoms with Gasteiger partial charge in [-0.25, -0.2) is 4.79 Å². The molecule has 1 saturated heterocycles. The summed E-state index contributed by atoms with van der Waals surface area (Å²) in [7, 11) is 1.19. The number of ketones is 1. The van der Waals surface area contributed by atoms with E-state index in [9.17, 15) is 33.9 Å². The molecule has 0 bridgehead atoms. The van der Waals surface area contributed by atoms with Crippen LogP contribution in [0.3, 0.4) is 0 Å². The van der Waals surface area contributed by atoms with Crippen molar-refractivity contribution in [2.24, 2.45) is 11.8 Å². The summed E-state index contributed by atoms with van der Waals surface area (Å²) < 4.78 is 10.5. The lowest BCUT2D eigenvalue weighted by atomic mass is 9.88. The van der Waals surface area contributed by atoms with Crippen LogP contribution in [0, 0.1) is 11.8 Å². The molecule has 1 aliphatic heterocycles. The third-order valence-corrected chi connectivity index (χ3v) is 8.68. The van der Waals surface area contributed by atoms with Gasteiger partial charge < -0.3 is 35.5 Å². The van der Waals surface area contributed by atoms with E-state index in [1.54, 1.807) is 31.2 Å². The van der Waals surface area contributed by atoms with Gasteiger partial charge in [0.15, 0.2) is 17.9 Å². The van der Waals surface area contributed by atoms with Crippen molar-refractivity contribution < 1.29 is 43.3 Å². The number of fused-ring (bicyclic) bond motifs is 1. The maximum atomic E-state index is 13.8. The number of hydrogen-bond donors (Lipinski definition) is 5. The molecule has 0 radical (unpaired) electrons. The number of Topliss-reactive ketones (excluding diaryl/α,β-unsaturated/α-hetero) is 1. The molecule has 2 heterocycles. The van der Waals surface area contributed by atoms with Crippen LogP contribution < -0.4 is 16.0 Å². The molecule has 5 N–H and O–H groups in total. The lowest BCUT2D eigenvalue weighted by Crippen LogP contribution is -2.58. The van der Waals surface area contributed by atoms with Gasteiger partial charge in [0, 0.05) is 29.1 Å². The highest BCUT2D eigenvalue weighted by Gasteiger charge is 2.40. The molecule has 0 unspecified atom stereocenters. The number of amides is 3. The van der Waals surface area contributed by atoms with Gasteiger partial charge in [-0.1, -0.05) is 77.5 Å². The third kappa shape index (κ3) is 10.1. The van der Waals surface area contributed by atoms with Crippen LogP contribution in [0.15, 0.2) is 30.5 Å². The van der Waals surface area contributed by atoms with Crippen molar-refractivity contribution in [2.45, 2.75) is 103 Å². The molecular weight excluding hydrogens is 608 g/mol. The Morgan fingerprint density at radius 1 is 0.936 bits per heavy atom. The first-order chi connectivity index (χ1) is 22.5. The summed E-state index contributed by atoms with van der Waals surface area (Å²) in [6, 6.07) is 2.09. The fourth-order valence-electron chi connectivity index (χ4n) is 5.78. The van der Waals surface area contributed by atoms with Gasteiger partial charge in [0.2, 0.25) is 11.8 Å². The predicted molar refractivity (Wildman–Crippen MR) is 173 cm³/mol. The van der Waals surface area contributed by atoms with Crippen molar-refractivity contribution >= 4 is 46.3 Å². The number of cyclic esters (lactones) is 1. The standard InChI is InChI=1S/C34H48N4O9/c1-5-6-7-8-9-10-13-20(2)30-21(3)31(42)36-25(16-17-27(40)46-4)32(43)38-28(33(44)37-26(19-39)34(45)47-30)29(41)23-18-35-24-15-12-11-14-22(23)24/h11-12,14-15,18,20-21,25-26,28,30,35,39H,5-10,13,16-17,19H2,1-4H3,(H,36,42)(H,37,44)(H,38,43)/t20-,21+,25-,26+,28-,30+/m1/s1. The monoisotopic (exact) mass is 656 g/mol. The molecule has 258 valence electrons. The number of nitrogens with one attached hydrogen (secondary N) is 4. The number of aliphatic hydroxyl groups is 1. The molecule has 0 spiro atoms. The number of esters is 2. The number of hydrogen-bond acceptors (Lipinski definition) is 9. The number of H-pyrrole nitrogens is 1. The van der Waals surface area contributed by atoms with E-state index in [1.165, 1.54) is 13.3 Å². The summed E-state index contributed by atoms with van der Waals surface area (Å²) in [4.78, 5) is 83.1. The lowest BCUT2D eigenvalue weighted by Gasteiger charge is -2.31. The molecule has 3 rings (SSSR count). The highest BCUT2D eigenvalue weighted by molar-refractivity contribution is 6.20. The van der Waals surface area contributed by atoms with Crippen LogP contribution in [0.4, 0.5) is 0 Å². The van der Waals surface area contributed by atoms with Crippen molar-refractivity contribution in [1.29, 1.82) is 0 Å². The molecular formula is C34H48N4O9. The van der Waals surface area contributed by atoms with Crippen molar-refractivity contribution in [3.8, 4) is 0 Å². The number of aliphatic hydroxyl groups excluding tert-OH is 1. The Kier molecular flexibility index (Phi) is 14.4. The maximum absolute atomic E-state index is 13.8. The number of rotatable bonds is 14. The number of carbonyl (C=O) groups is 6. The normalized spacial score (nSPS) is 23.3. The topological polar surface area (TPSA) is 193 Å². The first-order valence-electron chi connectivity index (χ1n) is 16.4. The number of unbranched alkanes of at least 4 members (excludes halogenated alkanes) is 5. The van der Waals surface area contributed by atoms with E-state index in [-0.39, 0.29) is 24.3 Å². The number of carbonyl (C=O) groups excluding carboxylic acids is 6. The molecule has 3 amide bonds. The number of methoxy groups -OCH3 is 1. The van der Waals surface area contributed by atoms with Gasteiger partial charge in [0.05, 0.1) is 19.6 Å². The molecule has 0 saturated carbocycles. The Balaban J connectivity index is 1.96. The summed E-state index contributed by atoms with van der Waals surface area (Å²) in [5, 5.41) is 18.0. The van der Waals surface area contributed by atoms with Crippen LogP contribution in [0.1, 0.15) is 88.9 Å². The van der Waals surface area contributed by atoms with Gasteiger partial charge in [-0.05, 0) is 24.8 Å². The molecule has 47 heavy (non-hydrogen) atoms. The second-order valence-electron chi connectivity index (χ2n) is 12.2. The van der Waals surface area contributed by atoms with Crippen LogP contribution in [-0.4, -0.2) is 83.5 Å². The Labute approximate surface area is 274 Å². The summed E-state index contributed by atoms with van der Waals surface area (Å²) in [5.41, 5.74) is 0.711. The van der Waals surface area contributed by atoms with Gasteiger partial charge in [-0.3, -0.25) is 24.0 Å². The summed E-state index contributed by atoms with van der Waals surface area (Å²) >= 11 is 0. The van der Waals surface area contributed by atoms with Crippen molar-refractivity contribution in [2.75, 3.05) is 13.7 Å². The first kappa shape index (κ1) is 37.2. The minimum atomic E-state index is -1.86. The summed E-state index contributed by atoms with van der Waals surface area (Å²) in [6.45, 7) is 4.71. The molecule has 6 atom stereocenters. The fraction of sp³-hybridized carbons (Fsp3) is 0.588. The van der Waals surface area contributed by atoms with Crippen LogP contribution in [0.5, 0.6) is 0 Å². The minimum absolute atomic E-state index is 0.0980. The van der Waals surface area contributed by atoms with E-state index < -0.39 is 72.2 Å². The number of benzene rings is 1. The fourth-order valence-corrected chi connectivity index (χ4v) is 5.78. The second kappa shape index (κ2) is 18.2. The number of para-hydroxylation sites is 1. The zero-order chi connectivity index (χ0) is 34.5. The minimum Gasteiger partial charge on any atom is -0.469 e. The Bertz CT molecular complexity index is 1410. The van der Waals surface area contributed by atoms with Gasteiger partial charge in [0.25, 0.3) is 5.91 Å². The van der Waals surface area contributed by atoms with Gasteiger partial charge in [-0.15, -0.1) is 0 Å². The van der Waals surface area contributed by atoms with E-state index in [2.05, 4.69) is 27.9 Å². The van der Waals surface area contributed by atoms with E-state index in [0.29, 0.717) is 17.3 Å². The van der Waals surface area contributed by atoms with Gasteiger partial charge in [-0.2, -0.15) is 0 Å². The van der Waals surface area contributed by atoms with E-state index in [0.717, 1.165) is 38.5 Å². The highest BCUT2D eigenvalue weighted by atomic mass is 16.5. The van der Waals surface area contributed by atoms with E-state index >= 15 is 0 Å². The molecule has 1 aromatic carbocycles. The first-order valence-corrected chi connectivity index (χ1v) is 16.4. The average molecular weight is 657 g/mol. The number of aromatic amines is 1. The molecule has 13 heteroatoms. The number of ether oxygens (including phenoxy) is 2. The highest BCUT2D eigenvalue weighted by Crippen LogP contribution is 2.25. The SMILES string of the molecule is CCCCCCCC[C@@H](C)[C@@H]1OC(=O)[C@H](CO)NC(=O)[C@@H](C(=O)c2c[nH]c3ccccc23)NC(=O)[C@@H](CCC(=O)OC)NC(=O)[C@H]1C. The van der Waals surface area contributed by atoms with Crippen LogP contribution >= 0.6 is 0 Å². The van der Waals surface area contributed by atoms with Crippen LogP contribution in [0.25, 0.3) is 10.9 Å². The molecule has 0 aliphatic carbocycles. The van der Waals surface area contributed by atoms with Crippen molar-refractivity contribution in [1.82, 2.24) is 20.9 Å². The molecule has 1 aromatic heterocycles. The molecule has 13 nitrogen and oxygen atoms in total. The van der Waals surface area contributed by atoms with Crippen molar-refractivity contribution in [3.63, 3.8) is 0 Å². The Morgan fingerprint density at radius 3 is 2.32 bits per heavy atom. The third-order valence-electron chi connectivity index (χ3n) is 8.68. The molecule has 1 aliphatic rings. The zero-order valence-corrected chi connectivity index (χ0v) is 27.6. The Morgan fingerprint density at radius 2 is 1.62 bits per heavy atom.